The number of hydrogen-bond donors (Lipinski definition) is 0. The van der Waals surface area contributed by atoms with Crippen molar-refractivity contribution in [3.05, 3.63) is 34.3 Å². The second-order valence-electron chi connectivity index (χ2n) is 5.17. The lowest BCUT2D eigenvalue weighted by atomic mass is 10.1. The zero-order valence-electron chi connectivity index (χ0n) is 12.2. The topological polar surface area (TPSA) is 60.7 Å². The smallest absolute Gasteiger partial charge is 0.210 e. The summed E-state index contributed by atoms with van der Waals surface area (Å²) in [6.45, 7) is 6.83. The molecule has 0 saturated carbocycles. The molecule has 0 aliphatic heterocycles. The van der Waals surface area contributed by atoms with Crippen LogP contribution < -0.4 is 0 Å². The second kappa shape index (κ2) is 7.17. The first kappa shape index (κ1) is 16.2. The van der Waals surface area contributed by atoms with Gasteiger partial charge in [0.25, 0.3) is 0 Å². The third-order valence-corrected chi connectivity index (χ3v) is 4.42. The Balaban J connectivity index is 2.07. The summed E-state index contributed by atoms with van der Waals surface area (Å²) in [5, 5.41) is 12.1. The maximum absolute atomic E-state index is 12.4. The summed E-state index contributed by atoms with van der Waals surface area (Å²) in [5.41, 5.74) is 0.695. The summed E-state index contributed by atoms with van der Waals surface area (Å²) >= 11 is 4.76. The predicted molar refractivity (Wildman–Crippen MR) is 86.4 cm³/mol. The average molecular weight is 369 g/mol. The lowest BCUT2D eigenvalue weighted by molar-refractivity contribution is 0.0994. The number of hydrogen-bond acceptors (Lipinski definition) is 5. The van der Waals surface area contributed by atoms with Crippen molar-refractivity contribution in [1.29, 1.82) is 0 Å². The molecule has 0 spiro atoms. The fraction of sp³-hybridized carbons (Fsp3) is 0.429. The fourth-order valence-electron chi connectivity index (χ4n) is 1.80. The second-order valence-corrected chi connectivity index (χ2v) is 7.39. The number of aromatic nitrogens is 4. The summed E-state index contributed by atoms with van der Waals surface area (Å²) < 4.78 is 2.71. The number of carbonyl (C=O) groups excluding carboxylic acids is 1. The Morgan fingerprint density at radius 3 is 2.57 bits per heavy atom. The fourth-order valence-corrected chi connectivity index (χ4v) is 2.94. The molecule has 0 bridgehead atoms. The van der Waals surface area contributed by atoms with Crippen LogP contribution in [-0.2, 0) is 6.54 Å². The lowest BCUT2D eigenvalue weighted by Gasteiger charge is -2.11. The molecule has 0 N–H and O–H groups in total. The average Bonchev–Trinajstić information content (AvgIpc) is 2.85. The number of thioether (sulfide) groups is 1. The van der Waals surface area contributed by atoms with Crippen LogP contribution in [0, 0.1) is 5.92 Å². The molecular weight excluding hydrogens is 352 g/mol. The van der Waals surface area contributed by atoms with Gasteiger partial charge in [-0.25, -0.2) is 4.68 Å². The van der Waals surface area contributed by atoms with Crippen LogP contribution in [-0.4, -0.2) is 31.2 Å². The zero-order chi connectivity index (χ0) is 15.4. The molecule has 21 heavy (non-hydrogen) atoms. The number of Topliss-reactive ketones (excluding diaryl/α,β-unsaturated/α-hetero) is 1. The van der Waals surface area contributed by atoms with Gasteiger partial charge in [-0.1, -0.05) is 53.7 Å². The van der Waals surface area contributed by atoms with Crippen LogP contribution in [0.5, 0.6) is 0 Å². The number of rotatable bonds is 6. The van der Waals surface area contributed by atoms with Crippen molar-refractivity contribution in [2.45, 2.75) is 37.7 Å². The number of halogens is 1. The third-order valence-electron chi connectivity index (χ3n) is 2.82. The molecule has 2 aromatic rings. The predicted octanol–water partition coefficient (Wildman–Crippen LogP) is 3.46. The van der Waals surface area contributed by atoms with E-state index in [9.17, 15) is 4.79 Å². The van der Waals surface area contributed by atoms with Crippen LogP contribution in [0.2, 0.25) is 0 Å². The minimum absolute atomic E-state index is 0.0756. The normalized spacial score (nSPS) is 12.6. The maximum atomic E-state index is 12.4. The van der Waals surface area contributed by atoms with Gasteiger partial charge in [0.2, 0.25) is 5.16 Å². The molecule has 1 aromatic carbocycles. The Labute approximate surface area is 136 Å². The van der Waals surface area contributed by atoms with Gasteiger partial charge in [0, 0.05) is 16.6 Å². The molecule has 2 rings (SSSR count). The largest absolute Gasteiger partial charge is 0.293 e. The molecule has 0 amide bonds. The summed E-state index contributed by atoms with van der Waals surface area (Å²) in [7, 11) is 0. The lowest BCUT2D eigenvalue weighted by Crippen LogP contribution is -2.15. The number of nitrogens with zero attached hydrogens (tertiary/aromatic N) is 4. The Bertz CT molecular complexity index is 612. The molecular formula is C14H17BrN4OS. The molecule has 1 aromatic heterocycles. The molecule has 112 valence electrons. The summed E-state index contributed by atoms with van der Waals surface area (Å²) in [4.78, 5) is 12.4. The molecule has 7 heteroatoms. The molecule has 1 heterocycles. The number of benzene rings is 1. The van der Waals surface area contributed by atoms with Crippen molar-refractivity contribution < 1.29 is 4.79 Å². The highest BCUT2D eigenvalue weighted by atomic mass is 79.9. The van der Waals surface area contributed by atoms with Gasteiger partial charge in [-0.15, -0.1) is 5.10 Å². The SMILES string of the molecule is CC(C)Cn1nnnc1S[C@@H](C)C(=O)c1ccc(Br)cc1. The van der Waals surface area contributed by atoms with E-state index in [1.807, 2.05) is 31.2 Å². The van der Waals surface area contributed by atoms with E-state index < -0.39 is 0 Å². The van der Waals surface area contributed by atoms with Gasteiger partial charge in [-0.3, -0.25) is 4.79 Å². The van der Waals surface area contributed by atoms with E-state index in [0.29, 0.717) is 16.6 Å². The Kier molecular flexibility index (Phi) is 5.52. The van der Waals surface area contributed by atoms with E-state index >= 15 is 0 Å². The minimum Gasteiger partial charge on any atom is -0.293 e. The van der Waals surface area contributed by atoms with Crippen molar-refractivity contribution in [1.82, 2.24) is 20.2 Å². The van der Waals surface area contributed by atoms with Crippen LogP contribution in [0.1, 0.15) is 31.1 Å². The molecule has 0 aliphatic rings. The van der Waals surface area contributed by atoms with Crippen molar-refractivity contribution in [2.24, 2.45) is 5.92 Å². The van der Waals surface area contributed by atoms with E-state index in [-0.39, 0.29) is 11.0 Å². The van der Waals surface area contributed by atoms with Crippen molar-refractivity contribution >= 4 is 33.5 Å². The Morgan fingerprint density at radius 1 is 1.29 bits per heavy atom. The molecule has 0 aliphatic carbocycles. The van der Waals surface area contributed by atoms with E-state index in [1.54, 1.807) is 4.68 Å². The zero-order valence-corrected chi connectivity index (χ0v) is 14.6. The first-order valence-corrected chi connectivity index (χ1v) is 8.37. The van der Waals surface area contributed by atoms with Crippen molar-refractivity contribution in [3.63, 3.8) is 0 Å². The maximum Gasteiger partial charge on any atom is 0.210 e. The highest BCUT2D eigenvalue weighted by Crippen LogP contribution is 2.24. The van der Waals surface area contributed by atoms with Gasteiger partial charge in [0.05, 0.1) is 5.25 Å². The first-order chi connectivity index (χ1) is 9.97. The van der Waals surface area contributed by atoms with Crippen LogP contribution in [0.25, 0.3) is 0 Å². The summed E-state index contributed by atoms with van der Waals surface area (Å²) in [5.74, 6) is 0.525. The molecule has 0 radical (unpaired) electrons. The van der Waals surface area contributed by atoms with Gasteiger partial charge in [0.15, 0.2) is 5.78 Å². The van der Waals surface area contributed by atoms with Crippen molar-refractivity contribution in [3.8, 4) is 0 Å². The monoisotopic (exact) mass is 368 g/mol. The van der Waals surface area contributed by atoms with E-state index in [4.69, 9.17) is 0 Å². The number of carbonyl (C=O) groups is 1. The molecule has 0 fully saturated rings. The standard InChI is InChI=1S/C14H17BrN4OS/c1-9(2)8-19-14(16-17-18-19)21-10(3)13(20)11-4-6-12(15)7-5-11/h4-7,9-10H,8H2,1-3H3/t10-/m0/s1. The van der Waals surface area contributed by atoms with Crippen LogP contribution >= 0.6 is 27.7 Å². The molecule has 0 saturated heterocycles. The first-order valence-electron chi connectivity index (χ1n) is 6.70. The van der Waals surface area contributed by atoms with E-state index in [0.717, 1.165) is 11.0 Å². The number of ketones is 1. The minimum atomic E-state index is -0.233. The molecule has 0 unspecified atom stereocenters. The van der Waals surface area contributed by atoms with Crippen LogP contribution in [0.4, 0.5) is 0 Å². The summed E-state index contributed by atoms with van der Waals surface area (Å²) in [6, 6.07) is 7.38. The molecule has 1 atom stereocenters. The number of tetrazole rings is 1. The van der Waals surface area contributed by atoms with Gasteiger partial charge in [-0.2, -0.15) is 0 Å². The van der Waals surface area contributed by atoms with Crippen LogP contribution in [0.15, 0.2) is 33.9 Å². The van der Waals surface area contributed by atoms with Gasteiger partial charge in [-0.05, 0) is 35.4 Å². The van der Waals surface area contributed by atoms with Gasteiger partial charge < -0.3 is 0 Å². The highest BCUT2D eigenvalue weighted by molar-refractivity contribution is 9.10. The quantitative estimate of drug-likeness (QED) is 0.577. The Morgan fingerprint density at radius 2 is 1.95 bits per heavy atom. The Hall–Kier alpha value is -1.21. The molecule has 5 nitrogen and oxygen atoms in total. The van der Waals surface area contributed by atoms with Crippen molar-refractivity contribution in [2.75, 3.05) is 0 Å². The third kappa shape index (κ3) is 4.38. The van der Waals surface area contributed by atoms with Crippen LogP contribution in [0.3, 0.4) is 0 Å². The van der Waals surface area contributed by atoms with Gasteiger partial charge in [0.1, 0.15) is 0 Å². The highest BCUT2D eigenvalue weighted by Gasteiger charge is 2.20. The van der Waals surface area contributed by atoms with E-state index in [2.05, 4.69) is 45.3 Å². The van der Waals surface area contributed by atoms with Gasteiger partial charge >= 0.3 is 0 Å². The van der Waals surface area contributed by atoms with E-state index in [1.165, 1.54) is 11.8 Å². The summed E-state index contributed by atoms with van der Waals surface area (Å²) in [6.07, 6.45) is 0.